The summed E-state index contributed by atoms with van der Waals surface area (Å²) in [4.78, 5) is 41.9. The van der Waals surface area contributed by atoms with Gasteiger partial charge in [0, 0.05) is 26.1 Å². The predicted octanol–water partition coefficient (Wildman–Crippen LogP) is -0.923. The van der Waals surface area contributed by atoms with E-state index in [9.17, 15) is 14.4 Å². The number of hydrogen-bond donors (Lipinski definition) is 3. The number of ether oxygens (including phenoxy) is 1. The van der Waals surface area contributed by atoms with E-state index in [1.54, 1.807) is 6.07 Å². The zero-order chi connectivity index (χ0) is 18.6. The summed E-state index contributed by atoms with van der Waals surface area (Å²) in [6.45, 7) is 2.98. The molecule has 26 heavy (non-hydrogen) atoms. The molecule has 2 amide bonds. The first kappa shape index (κ1) is 18.1. The number of fused-ring (bicyclic) bond motifs is 1. The van der Waals surface area contributed by atoms with Gasteiger partial charge in [-0.1, -0.05) is 0 Å². The third-order valence-electron chi connectivity index (χ3n) is 4.63. The van der Waals surface area contributed by atoms with E-state index >= 15 is 0 Å². The van der Waals surface area contributed by atoms with Gasteiger partial charge >= 0.3 is 0 Å². The number of carbonyl (C=O) groups is 3. The lowest BCUT2D eigenvalue weighted by molar-refractivity contribution is -0.125. The summed E-state index contributed by atoms with van der Waals surface area (Å²) in [5.41, 5.74) is -0.0714. The lowest BCUT2D eigenvalue weighted by atomic mass is 9.91. The molecule has 0 spiro atoms. The molecule has 1 aromatic heterocycles. The maximum absolute atomic E-state index is 12.6. The third-order valence-corrected chi connectivity index (χ3v) is 4.63. The zero-order valence-corrected chi connectivity index (χ0v) is 14.7. The van der Waals surface area contributed by atoms with Gasteiger partial charge in [0.25, 0.3) is 5.91 Å². The maximum Gasteiger partial charge on any atom is 0.270 e. The van der Waals surface area contributed by atoms with Gasteiger partial charge in [0.05, 0.1) is 6.54 Å². The summed E-state index contributed by atoms with van der Waals surface area (Å²) in [5, 5.41) is 8.43. The van der Waals surface area contributed by atoms with Crippen LogP contribution in [-0.2, 0) is 9.59 Å². The van der Waals surface area contributed by atoms with Crippen molar-refractivity contribution in [2.45, 2.75) is 18.4 Å². The number of likely N-dealkylation sites (N-methyl/N-ethyl adjacent to an activating group) is 1. The van der Waals surface area contributed by atoms with Gasteiger partial charge in [0.2, 0.25) is 11.8 Å². The van der Waals surface area contributed by atoms with Crippen molar-refractivity contribution in [2.24, 2.45) is 0 Å². The largest absolute Gasteiger partial charge is 0.474 e. The standard InChI is InChI=1S/C17H23N5O4/c1-18-6-7-22-8-9-26-16-13(22)3-2-12(20-16)15(25)21-17(11-23)5-4-14(24)19-10-17/h2-3,11,18H,4-10H2,1H3,(H,19,24)(H,21,25)/t17-/m0/s1. The monoisotopic (exact) mass is 361 g/mol. The van der Waals surface area contributed by atoms with Crippen LogP contribution >= 0.6 is 0 Å². The van der Waals surface area contributed by atoms with E-state index < -0.39 is 11.4 Å². The average Bonchev–Trinajstić information content (AvgIpc) is 2.67. The summed E-state index contributed by atoms with van der Waals surface area (Å²) in [5.74, 6) is -0.178. The van der Waals surface area contributed by atoms with Crippen LogP contribution in [0.25, 0.3) is 0 Å². The number of aldehydes is 1. The Morgan fingerprint density at radius 3 is 3.04 bits per heavy atom. The Morgan fingerprint density at radius 2 is 2.35 bits per heavy atom. The van der Waals surface area contributed by atoms with Gasteiger partial charge in [-0.3, -0.25) is 9.59 Å². The highest BCUT2D eigenvalue weighted by Crippen LogP contribution is 2.29. The number of pyridine rings is 1. The first-order valence-electron chi connectivity index (χ1n) is 8.66. The molecule has 3 N–H and O–H groups in total. The molecule has 1 saturated heterocycles. The number of rotatable bonds is 6. The Morgan fingerprint density at radius 1 is 1.50 bits per heavy atom. The van der Waals surface area contributed by atoms with E-state index in [2.05, 4.69) is 25.8 Å². The molecule has 0 saturated carbocycles. The summed E-state index contributed by atoms with van der Waals surface area (Å²) in [7, 11) is 1.89. The minimum Gasteiger partial charge on any atom is -0.474 e. The van der Waals surface area contributed by atoms with Crippen molar-refractivity contribution in [1.29, 1.82) is 0 Å². The predicted molar refractivity (Wildman–Crippen MR) is 94.4 cm³/mol. The smallest absolute Gasteiger partial charge is 0.270 e. The van der Waals surface area contributed by atoms with E-state index in [-0.39, 0.29) is 31.0 Å². The Labute approximate surface area is 151 Å². The molecule has 1 aromatic rings. The van der Waals surface area contributed by atoms with Crippen LogP contribution in [-0.4, -0.2) is 68.5 Å². The summed E-state index contributed by atoms with van der Waals surface area (Å²) < 4.78 is 5.60. The first-order valence-corrected chi connectivity index (χ1v) is 8.66. The van der Waals surface area contributed by atoms with E-state index in [1.165, 1.54) is 0 Å². The molecular weight excluding hydrogens is 338 g/mol. The van der Waals surface area contributed by atoms with Crippen molar-refractivity contribution in [3.63, 3.8) is 0 Å². The Bertz CT molecular complexity index is 698. The lowest BCUT2D eigenvalue weighted by Gasteiger charge is -2.33. The third kappa shape index (κ3) is 3.77. The Kier molecular flexibility index (Phi) is 5.36. The molecule has 0 bridgehead atoms. The number of aromatic nitrogens is 1. The van der Waals surface area contributed by atoms with Crippen molar-refractivity contribution < 1.29 is 19.1 Å². The SMILES string of the molecule is CNCCN1CCOc2nc(C(=O)N[C@@]3(C=O)CCC(=O)NC3)ccc21. The number of piperidine rings is 1. The number of amides is 2. The van der Waals surface area contributed by atoms with Crippen LogP contribution in [0.2, 0.25) is 0 Å². The first-order chi connectivity index (χ1) is 12.6. The zero-order valence-electron chi connectivity index (χ0n) is 14.7. The minimum absolute atomic E-state index is 0.0836. The van der Waals surface area contributed by atoms with Crippen molar-refractivity contribution in [2.75, 3.05) is 44.7 Å². The maximum atomic E-state index is 12.6. The van der Waals surface area contributed by atoms with Crippen molar-refractivity contribution in [3.05, 3.63) is 17.8 Å². The van der Waals surface area contributed by atoms with E-state index in [4.69, 9.17) is 4.74 Å². The minimum atomic E-state index is -1.09. The van der Waals surface area contributed by atoms with Gasteiger partial charge in [-0.25, -0.2) is 4.98 Å². The molecule has 3 rings (SSSR count). The Hall–Kier alpha value is -2.68. The Balaban J connectivity index is 1.74. The van der Waals surface area contributed by atoms with Crippen LogP contribution in [0.3, 0.4) is 0 Å². The molecule has 0 aromatic carbocycles. The summed E-state index contributed by atoms with van der Waals surface area (Å²) in [6.07, 6.45) is 1.15. The second-order valence-electron chi connectivity index (χ2n) is 6.46. The van der Waals surface area contributed by atoms with Crippen LogP contribution in [0, 0.1) is 0 Å². The number of carbonyl (C=O) groups excluding carboxylic acids is 3. The fourth-order valence-electron chi connectivity index (χ4n) is 3.05. The van der Waals surface area contributed by atoms with Crippen LogP contribution in [0.15, 0.2) is 12.1 Å². The molecule has 3 heterocycles. The van der Waals surface area contributed by atoms with Crippen LogP contribution in [0.5, 0.6) is 5.88 Å². The highest BCUT2D eigenvalue weighted by molar-refractivity contribution is 5.96. The second kappa shape index (κ2) is 7.69. The molecular formula is C17H23N5O4. The van der Waals surface area contributed by atoms with E-state index in [0.29, 0.717) is 18.8 Å². The molecule has 140 valence electrons. The van der Waals surface area contributed by atoms with Gasteiger partial charge in [0.15, 0.2) is 0 Å². The van der Waals surface area contributed by atoms with Crippen molar-refractivity contribution >= 4 is 23.8 Å². The number of nitrogens with zero attached hydrogens (tertiary/aromatic N) is 2. The fourth-order valence-corrected chi connectivity index (χ4v) is 3.05. The number of nitrogens with one attached hydrogen (secondary N) is 3. The lowest BCUT2D eigenvalue weighted by Crippen LogP contribution is -2.60. The van der Waals surface area contributed by atoms with Crippen LogP contribution < -0.4 is 25.6 Å². The highest BCUT2D eigenvalue weighted by atomic mass is 16.5. The normalized spacial score (nSPS) is 22.0. The van der Waals surface area contributed by atoms with Crippen molar-refractivity contribution in [1.82, 2.24) is 20.9 Å². The second-order valence-corrected chi connectivity index (χ2v) is 6.46. The number of anilines is 1. The average molecular weight is 361 g/mol. The molecule has 0 radical (unpaired) electrons. The molecule has 9 heteroatoms. The van der Waals surface area contributed by atoms with Gasteiger partial charge in [0.1, 0.15) is 29.8 Å². The molecule has 0 aliphatic carbocycles. The molecule has 0 unspecified atom stereocenters. The van der Waals surface area contributed by atoms with Crippen molar-refractivity contribution in [3.8, 4) is 5.88 Å². The molecule has 1 fully saturated rings. The molecule has 2 aliphatic heterocycles. The molecule has 9 nitrogen and oxygen atoms in total. The van der Waals surface area contributed by atoms with Gasteiger partial charge in [-0.05, 0) is 25.6 Å². The topological polar surface area (TPSA) is 113 Å². The van der Waals surface area contributed by atoms with E-state index in [0.717, 1.165) is 25.3 Å². The highest BCUT2D eigenvalue weighted by Gasteiger charge is 2.36. The summed E-state index contributed by atoms with van der Waals surface area (Å²) in [6, 6.07) is 3.43. The van der Waals surface area contributed by atoms with Crippen LogP contribution in [0.4, 0.5) is 5.69 Å². The molecule has 2 aliphatic rings. The summed E-state index contributed by atoms with van der Waals surface area (Å²) >= 11 is 0. The van der Waals surface area contributed by atoms with Gasteiger partial charge < -0.3 is 30.4 Å². The molecule has 1 atom stereocenters. The number of hydrogen-bond acceptors (Lipinski definition) is 7. The quantitative estimate of drug-likeness (QED) is 0.562. The van der Waals surface area contributed by atoms with Crippen LogP contribution in [0.1, 0.15) is 23.3 Å². The van der Waals surface area contributed by atoms with E-state index in [1.807, 2.05) is 13.1 Å². The van der Waals surface area contributed by atoms with Gasteiger partial charge in [-0.15, -0.1) is 0 Å². The fraction of sp³-hybridized carbons (Fsp3) is 0.529. The van der Waals surface area contributed by atoms with Gasteiger partial charge in [-0.2, -0.15) is 0 Å².